The molecule has 4 rings (SSSR count). The van der Waals surface area contributed by atoms with Crippen LogP contribution in [-0.2, 0) is 6.54 Å². The first kappa shape index (κ1) is 24.8. The Hall–Kier alpha value is -3.36. The molecule has 0 aromatic carbocycles. The van der Waals surface area contributed by atoms with Gasteiger partial charge in [-0.15, -0.1) is 11.3 Å². The van der Waals surface area contributed by atoms with Gasteiger partial charge in [-0.2, -0.15) is 10.4 Å². The quantitative estimate of drug-likeness (QED) is 0.458. The fraction of sp³-hybridized carbons (Fsp3) is 0.500. The summed E-state index contributed by atoms with van der Waals surface area (Å²) in [6.45, 7) is 11.2. The molecule has 4 heterocycles. The van der Waals surface area contributed by atoms with E-state index in [0.717, 1.165) is 43.0 Å². The van der Waals surface area contributed by atoms with Gasteiger partial charge in [0, 0.05) is 36.1 Å². The van der Waals surface area contributed by atoms with Gasteiger partial charge in [0.15, 0.2) is 5.13 Å². The molecule has 1 atom stereocenters. The zero-order chi connectivity index (χ0) is 24.9. The summed E-state index contributed by atoms with van der Waals surface area (Å²) in [6.07, 6.45) is 2.08. The van der Waals surface area contributed by atoms with Crippen molar-refractivity contribution in [3.63, 3.8) is 0 Å². The van der Waals surface area contributed by atoms with Gasteiger partial charge >= 0.3 is 0 Å². The summed E-state index contributed by atoms with van der Waals surface area (Å²) in [5.74, 6) is 1.39. The summed E-state index contributed by atoms with van der Waals surface area (Å²) >= 11 is 1.36. The molecule has 35 heavy (non-hydrogen) atoms. The number of amides is 1. The number of nitrogens with zero attached hydrogens (tertiary/aromatic N) is 7. The van der Waals surface area contributed by atoms with Crippen molar-refractivity contribution in [2.75, 3.05) is 31.5 Å². The average Bonchev–Trinajstić information content (AvgIpc) is 3.39. The second kappa shape index (κ2) is 10.9. The number of carbonyl (C=O) groups excluding carboxylic acids is 1. The number of nitriles is 1. The maximum atomic E-state index is 12.6. The molecule has 1 aliphatic heterocycles. The van der Waals surface area contributed by atoms with E-state index in [9.17, 15) is 4.79 Å². The van der Waals surface area contributed by atoms with E-state index in [1.807, 2.05) is 31.5 Å². The number of aryl methyl sites for hydroxylation is 2. The van der Waals surface area contributed by atoms with Crippen LogP contribution in [-0.4, -0.2) is 61.7 Å². The third kappa shape index (κ3) is 6.01. The van der Waals surface area contributed by atoms with Crippen LogP contribution in [0, 0.1) is 39.0 Å². The summed E-state index contributed by atoms with van der Waals surface area (Å²) in [7, 11) is 0. The average molecular weight is 494 g/mol. The highest BCUT2D eigenvalue weighted by Gasteiger charge is 2.23. The fourth-order valence-corrected chi connectivity index (χ4v) is 5.02. The number of rotatable bonds is 8. The van der Waals surface area contributed by atoms with Crippen LogP contribution < -0.4 is 10.6 Å². The number of carbonyl (C=O) groups is 1. The minimum absolute atomic E-state index is 0.216. The van der Waals surface area contributed by atoms with Crippen molar-refractivity contribution in [3.8, 4) is 6.07 Å². The zero-order valence-electron chi connectivity index (χ0n) is 20.6. The maximum absolute atomic E-state index is 12.6. The summed E-state index contributed by atoms with van der Waals surface area (Å²) in [6, 6.07) is 4.19. The lowest BCUT2D eigenvalue weighted by molar-refractivity contribution is 0.0947. The number of hydrogen-bond donors (Lipinski definition) is 2. The highest BCUT2D eigenvalue weighted by molar-refractivity contribution is 7.14. The SMILES string of the molecule is Cc1nc(Nc2nc(C(=O)NCCn3nc(C)c(C)c3C)cs2)cc([C@@H]2CCCN(CC#N)C2)n1. The second-order valence-corrected chi connectivity index (χ2v) is 9.75. The van der Waals surface area contributed by atoms with Crippen LogP contribution in [0.5, 0.6) is 0 Å². The summed E-state index contributed by atoms with van der Waals surface area (Å²) in [5, 5.41) is 22.0. The maximum Gasteiger partial charge on any atom is 0.270 e. The first-order chi connectivity index (χ1) is 16.8. The van der Waals surface area contributed by atoms with Gasteiger partial charge in [0.2, 0.25) is 0 Å². The van der Waals surface area contributed by atoms with Crippen LogP contribution in [0.25, 0.3) is 0 Å². The monoisotopic (exact) mass is 493 g/mol. The highest BCUT2D eigenvalue weighted by Crippen LogP contribution is 2.28. The van der Waals surface area contributed by atoms with Gasteiger partial charge in [0.05, 0.1) is 30.5 Å². The molecule has 1 aliphatic rings. The van der Waals surface area contributed by atoms with E-state index in [1.54, 1.807) is 5.38 Å². The van der Waals surface area contributed by atoms with Crippen LogP contribution in [0.1, 0.15) is 57.7 Å². The van der Waals surface area contributed by atoms with E-state index in [-0.39, 0.29) is 11.8 Å². The van der Waals surface area contributed by atoms with E-state index in [4.69, 9.17) is 5.26 Å². The fourth-order valence-electron chi connectivity index (χ4n) is 4.32. The summed E-state index contributed by atoms with van der Waals surface area (Å²) < 4.78 is 1.92. The molecule has 1 amide bonds. The molecular weight excluding hydrogens is 462 g/mol. The number of thiazole rings is 1. The molecule has 2 N–H and O–H groups in total. The highest BCUT2D eigenvalue weighted by atomic mass is 32.1. The molecule has 0 saturated carbocycles. The number of aromatic nitrogens is 5. The molecule has 11 heteroatoms. The molecule has 1 saturated heterocycles. The topological polar surface area (TPSA) is 125 Å². The Morgan fingerprint density at radius 1 is 1.26 bits per heavy atom. The Morgan fingerprint density at radius 3 is 2.83 bits per heavy atom. The summed E-state index contributed by atoms with van der Waals surface area (Å²) in [4.78, 5) is 28.3. The summed E-state index contributed by atoms with van der Waals surface area (Å²) in [5.41, 5.74) is 4.64. The predicted molar refractivity (Wildman–Crippen MR) is 135 cm³/mol. The van der Waals surface area contributed by atoms with Gasteiger partial charge in [-0.1, -0.05) is 0 Å². The minimum atomic E-state index is -0.216. The van der Waals surface area contributed by atoms with E-state index < -0.39 is 0 Å². The van der Waals surface area contributed by atoms with Crippen molar-refractivity contribution in [1.29, 1.82) is 5.26 Å². The van der Waals surface area contributed by atoms with Crippen molar-refractivity contribution in [2.45, 2.75) is 53.0 Å². The van der Waals surface area contributed by atoms with E-state index in [0.29, 0.717) is 42.1 Å². The molecule has 3 aromatic rings. The first-order valence-electron chi connectivity index (χ1n) is 11.8. The lowest BCUT2D eigenvalue weighted by Gasteiger charge is -2.30. The van der Waals surface area contributed by atoms with Crippen LogP contribution in [0.15, 0.2) is 11.4 Å². The Morgan fingerprint density at radius 2 is 2.09 bits per heavy atom. The van der Waals surface area contributed by atoms with Crippen molar-refractivity contribution in [3.05, 3.63) is 45.6 Å². The standard InChI is InChI=1S/C24H31N9OS/c1-15-16(2)31-33(17(15)3)11-8-26-23(34)21-14-35-24(29-21)30-22-12-20(27-18(4)28-22)19-6-5-9-32(13-19)10-7-25/h12,14,19H,5-6,8-11,13H2,1-4H3,(H,26,34)(H,27,28,29,30)/t19-/m1/s1. The normalized spacial score (nSPS) is 16.1. The van der Waals surface area contributed by atoms with Gasteiger partial charge in [-0.25, -0.2) is 15.0 Å². The lowest BCUT2D eigenvalue weighted by atomic mass is 9.94. The Labute approximate surface area is 209 Å². The Kier molecular flexibility index (Phi) is 7.73. The van der Waals surface area contributed by atoms with Crippen LogP contribution >= 0.6 is 11.3 Å². The Balaban J connectivity index is 1.36. The third-order valence-electron chi connectivity index (χ3n) is 6.40. The Bertz CT molecular complexity index is 1240. The molecule has 0 bridgehead atoms. The number of likely N-dealkylation sites (tertiary alicyclic amines) is 1. The molecule has 3 aromatic heterocycles. The van der Waals surface area contributed by atoms with E-state index >= 15 is 0 Å². The lowest BCUT2D eigenvalue weighted by Crippen LogP contribution is -2.35. The van der Waals surface area contributed by atoms with E-state index in [1.165, 1.54) is 16.9 Å². The van der Waals surface area contributed by atoms with Crippen molar-refractivity contribution in [2.24, 2.45) is 0 Å². The van der Waals surface area contributed by atoms with Crippen molar-refractivity contribution >= 4 is 28.2 Å². The molecule has 1 fully saturated rings. The number of hydrogen-bond acceptors (Lipinski definition) is 9. The molecule has 0 unspecified atom stereocenters. The third-order valence-corrected chi connectivity index (χ3v) is 7.16. The van der Waals surface area contributed by atoms with Gasteiger partial charge in [0.25, 0.3) is 5.91 Å². The number of nitrogens with one attached hydrogen (secondary N) is 2. The van der Waals surface area contributed by atoms with Crippen molar-refractivity contribution < 1.29 is 4.79 Å². The van der Waals surface area contributed by atoms with Gasteiger partial charge in [-0.05, 0) is 52.6 Å². The molecule has 10 nitrogen and oxygen atoms in total. The molecular formula is C24H31N9OS. The molecule has 0 spiro atoms. The first-order valence-corrected chi connectivity index (χ1v) is 12.7. The largest absolute Gasteiger partial charge is 0.349 e. The van der Waals surface area contributed by atoms with Crippen molar-refractivity contribution in [1.82, 2.24) is 34.9 Å². The smallest absolute Gasteiger partial charge is 0.270 e. The number of piperidine rings is 1. The van der Waals surface area contributed by atoms with Gasteiger partial charge in [0.1, 0.15) is 17.3 Å². The molecule has 184 valence electrons. The number of anilines is 2. The van der Waals surface area contributed by atoms with Gasteiger partial charge < -0.3 is 10.6 Å². The van der Waals surface area contributed by atoms with Crippen LogP contribution in [0.2, 0.25) is 0 Å². The predicted octanol–water partition coefficient (Wildman–Crippen LogP) is 3.24. The zero-order valence-corrected chi connectivity index (χ0v) is 21.4. The minimum Gasteiger partial charge on any atom is -0.349 e. The van der Waals surface area contributed by atoms with E-state index in [2.05, 4.69) is 48.6 Å². The molecule has 0 radical (unpaired) electrons. The van der Waals surface area contributed by atoms with Crippen LogP contribution in [0.3, 0.4) is 0 Å². The van der Waals surface area contributed by atoms with Crippen LogP contribution in [0.4, 0.5) is 10.9 Å². The van der Waals surface area contributed by atoms with Gasteiger partial charge in [-0.3, -0.25) is 14.4 Å². The molecule has 0 aliphatic carbocycles. The second-order valence-electron chi connectivity index (χ2n) is 8.90.